The van der Waals surface area contributed by atoms with Gasteiger partial charge in [-0.15, -0.1) is 35.3 Å². The fourth-order valence-electron chi connectivity index (χ4n) is 2.58. The Labute approximate surface area is 176 Å². The SMILES string of the molecule is CN=C(NCc1ccccc1OCC1CC1)NCc1sc(C)nc1C.I. The van der Waals surface area contributed by atoms with Crippen LogP contribution in [0.2, 0.25) is 0 Å². The molecule has 0 bridgehead atoms. The molecule has 0 atom stereocenters. The van der Waals surface area contributed by atoms with E-state index in [9.17, 15) is 0 Å². The Hall–Kier alpha value is -1.35. The minimum atomic E-state index is 0. The number of aliphatic imine (C=N–C) groups is 1. The van der Waals surface area contributed by atoms with Crippen molar-refractivity contribution in [3.63, 3.8) is 0 Å². The van der Waals surface area contributed by atoms with Crippen LogP contribution in [0.1, 0.15) is 34.0 Å². The summed E-state index contributed by atoms with van der Waals surface area (Å²) in [5.74, 6) is 2.50. The number of hydrogen-bond donors (Lipinski definition) is 2. The van der Waals surface area contributed by atoms with Crippen molar-refractivity contribution in [1.82, 2.24) is 15.6 Å². The fourth-order valence-corrected chi connectivity index (χ4v) is 3.46. The zero-order valence-electron chi connectivity index (χ0n) is 15.5. The van der Waals surface area contributed by atoms with E-state index in [1.807, 2.05) is 32.0 Å². The predicted molar refractivity (Wildman–Crippen MR) is 119 cm³/mol. The van der Waals surface area contributed by atoms with Crippen LogP contribution in [0.25, 0.3) is 0 Å². The molecule has 1 aliphatic rings. The summed E-state index contributed by atoms with van der Waals surface area (Å²) in [7, 11) is 1.79. The minimum absolute atomic E-state index is 0. The first kappa shape index (κ1) is 21.0. The normalized spacial score (nSPS) is 13.9. The summed E-state index contributed by atoms with van der Waals surface area (Å²) in [5, 5.41) is 7.82. The Kier molecular flexibility index (Phi) is 8.15. The highest BCUT2D eigenvalue weighted by molar-refractivity contribution is 14.0. The van der Waals surface area contributed by atoms with Gasteiger partial charge in [-0.1, -0.05) is 18.2 Å². The number of para-hydroxylation sites is 1. The number of ether oxygens (including phenoxy) is 1. The summed E-state index contributed by atoms with van der Waals surface area (Å²) >= 11 is 1.72. The maximum Gasteiger partial charge on any atom is 0.191 e. The number of benzene rings is 1. The topological polar surface area (TPSA) is 58.5 Å². The molecular weight excluding hydrogens is 459 g/mol. The fraction of sp³-hybridized carbons (Fsp3) is 0.474. The van der Waals surface area contributed by atoms with Crippen LogP contribution in [0.4, 0.5) is 0 Å². The van der Waals surface area contributed by atoms with E-state index in [0.29, 0.717) is 6.54 Å². The average molecular weight is 486 g/mol. The summed E-state index contributed by atoms with van der Waals surface area (Å²) < 4.78 is 5.97. The van der Waals surface area contributed by atoms with E-state index in [-0.39, 0.29) is 24.0 Å². The van der Waals surface area contributed by atoms with E-state index in [2.05, 4.69) is 26.7 Å². The van der Waals surface area contributed by atoms with Crippen molar-refractivity contribution in [2.75, 3.05) is 13.7 Å². The summed E-state index contributed by atoms with van der Waals surface area (Å²) in [6, 6.07) is 8.20. The third kappa shape index (κ3) is 6.12. The molecule has 0 saturated heterocycles. The first-order valence-electron chi connectivity index (χ1n) is 8.74. The molecule has 5 nitrogen and oxygen atoms in total. The second kappa shape index (κ2) is 10.1. The van der Waals surface area contributed by atoms with Crippen LogP contribution < -0.4 is 15.4 Å². The molecule has 0 unspecified atom stereocenters. The molecule has 2 N–H and O–H groups in total. The van der Waals surface area contributed by atoms with Crippen molar-refractivity contribution in [2.45, 2.75) is 39.8 Å². The van der Waals surface area contributed by atoms with E-state index in [1.54, 1.807) is 18.4 Å². The number of halogens is 1. The number of hydrogen-bond acceptors (Lipinski definition) is 4. The Morgan fingerprint density at radius 1 is 1.23 bits per heavy atom. The Balaban J connectivity index is 0.00000243. The van der Waals surface area contributed by atoms with Crippen LogP contribution >= 0.6 is 35.3 Å². The van der Waals surface area contributed by atoms with Gasteiger partial charge in [0.2, 0.25) is 0 Å². The van der Waals surface area contributed by atoms with Gasteiger partial charge in [-0.25, -0.2) is 4.98 Å². The van der Waals surface area contributed by atoms with Crippen LogP contribution in [0.15, 0.2) is 29.3 Å². The molecular formula is C19H27IN4OS. The van der Waals surface area contributed by atoms with E-state index in [4.69, 9.17) is 4.74 Å². The molecule has 7 heteroatoms. The molecule has 0 aliphatic heterocycles. The molecule has 2 aromatic rings. The van der Waals surface area contributed by atoms with E-state index >= 15 is 0 Å². The van der Waals surface area contributed by atoms with Gasteiger partial charge in [0.25, 0.3) is 0 Å². The summed E-state index contributed by atoms with van der Waals surface area (Å²) in [5.41, 5.74) is 2.24. The van der Waals surface area contributed by atoms with Crippen LogP contribution in [0.3, 0.4) is 0 Å². The molecule has 1 aromatic heterocycles. The maximum absolute atomic E-state index is 5.97. The molecule has 1 aromatic carbocycles. The van der Waals surface area contributed by atoms with Crippen LogP contribution in [0, 0.1) is 19.8 Å². The van der Waals surface area contributed by atoms with Gasteiger partial charge in [-0.05, 0) is 38.7 Å². The summed E-state index contributed by atoms with van der Waals surface area (Å²) in [4.78, 5) is 10.0. The van der Waals surface area contributed by atoms with Crippen LogP contribution in [0.5, 0.6) is 5.75 Å². The van der Waals surface area contributed by atoms with Gasteiger partial charge in [0.15, 0.2) is 5.96 Å². The Bertz CT molecular complexity index is 743. The summed E-state index contributed by atoms with van der Waals surface area (Å²) in [6.07, 6.45) is 2.60. The third-order valence-electron chi connectivity index (χ3n) is 4.23. The molecule has 1 aliphatic carbocycles. The molecule has 1 heterocycles. The highest BCUT2D eigenvalue weighted by Gasteiger charge is 2.22. The van der Waals surface area contributed by atoms with Crippen molar-refractivity contribution < 1.29 is 4.74 Å². The maximum atomic E-state index is 5.97. The van der Waals surface area contributed by atoms with Crippen molar-refractivity contribution >= 4 is 41.3 Å². The van der Waals surface area contributed by atoms with Crippen molar-refractivity contribution in [2.24, 2.45) is 10.9 Å². The van der Waals surface area contributed by atoms with Gasteiger partial charge in [-0.2, -0.15) is 0 Å². The Morgan fingerprint density at radius 2 is 1.96 bits per heavy atom. The zero-order chi connectivity index (χ0) is 17.6. The lowest BCUT2D eigenvalue weighted by Crippen LogP contribution is -2.36. The van der Waals surface area contributed by atoms with Crippen LogP contribution in [-0.4, -0.2) is 24.6 Å². The largest absolute Gasteiger partial charge is 0.493 e. The second-order valence-corrected chi connectivity index (χ2v) is 7.67. The molecule has 1 saturated carbocycles. The molecule has 0 spiro atoms. The van der Waals surface area contributed by atoms with Gasteiger partial charge >= 0.3 is 0 Å². The van der Waals surface area contributed by atoms with Crippen molar-refractivity contribution in [3.8, 4) is 5.75 Å². The number of aromatic nitrogens is 1. The lowest BCUT2D eigenvalue weighted by atomic mass is 10.2. The van der Waals surface area contributed by atoms with E-state index < -0.39 is 0 Å². The van der Waals surface area contributed by atoms with Gasteiger partial charge < -0.3 is 15.4 Å². The number of aryl methyl sites for hydroxylation is 2. The Morgan fingerprint density at radius 3 is 2.62 bits per heavy atom. The average Bonchev–Trinajstić information content (AvgIpc) is 3.38. The van der Waals surface area contributed by atoms with Gasteiger partial charge in [0.05, 0.1) is 23.9 Å². The monoisotopic (exact) mass is 486 g/mol. The highest BCUT2D eigenvalue weighted by Crippen LogP contribution is 2.30. The minimum Gasteiger partial charge on any atom is -0.493 e. The smallest absolute Gasteiger partial charge is 0.191 e. The number of rotatable bonds is 7. The van der Waals surface area contributed by atoms with E-state index in [1.165, 1.54) is 17.7 Å². The van der Waals surface area contributed by atoms with Gasteiger partial charge in [0, 0.05) is 24.0 Å². The second-order valence-electron chi connectivity index (χ2n) is 6.38. The number of guanidine groups is 1. The molecule has 142 valence electrons. The standard InChI is InChI=1S/C19H26N4OS.HI/c1-13-18(25-14(2)23-13)11-22-19(20-3)21-10-16-6-4-5-7-17(16)24-12-15-8-9-15;/h4-7,15H,8-12H2,1-3H3,(H2,20,21,22);1H. The first-order chi connectivity index (χ1) is 12.2. The lowest BCUT2D eigenvalue weighted by molar-refractivity contribution is 0.296. The van der Waals surface area contributed by atoms with Gasteiger partial charge in [0.1, 0.15) is 5.75 Å². The molecule has 1 fully saturated rings. The predicted octanol–water partition coefficient (Wildman–Crippen LogP) is 4.03. The number of nitrogens with zero attached hydrogens (tertiary/aromatic N) is 2. The zero-order valence-corrected chi connectivity index (χ0v) is 18.7. The molecule has 26 heavy (non-hydrogen) atoms. The molecule has 3 rings (SSSR count). The lowest BCUT2D eigenvalue weighted by Gasteiger charge is -2.14. The first-order valence-corrected chi connectivity index (χ1v) is 9.55. The van der Waals surface area contributed by atoms with Crippen molar-refractivity contribution in [1.29, 1.82) is 0 Å². The highest BCUT2D eigenvalue weighted by atomic mass is 127. The third-order valence-corrected chi connectivity index (χ3v) is 5.30. The van der Waals surface area contributed by atoms with Crippen LogP contribution in [-0.2, 0) is 13.1 Å². The number of nitrogens with one attached hydrogen (secondary N) is 2. The van der Waals surface area contributed by atoms with E-state index in [0.717, 1.165) is 47.0 Å². The quantitative estimate of drug-likeness (QED) is 0.353. The summed E-state index contributed by atoms with van der Waals surface area (Å²) in [6.45, 7) is 6.32. The number of thiazole rings is 1. The van der Waals surface area contributed by atoms with Gasteiger partial charge in [-0.3, -0.25) is 4.99 Å². The van der Waals surface area contributed by atoms with Crippen molar-refractivity contribution in [3.05, 3.63) is 45.4 Å². The molecule has 0 radical (unpaired) electrons. The molecule has 0 amide bonds.